The zero-order valence-electron chi connectivity index (χ0n) is 19.2. The summed E-state index contributed by atoms with van der Waals surface area (Å²) in [6.45, 7) is 3.83. The summed E-state index contributed by atoms with van der Waals surface area (Å²) in [5.41, 5.74) is 0.777. The maximum absolute atomic E-state index is 13.4. The Labute approximate surface area is 199 Å². The smallest absolute Gasteiger partial charge is 0.337 e. The second kappa shape index (κ2) is 9.97. The minimum Gasteiger partial charge on any atom is -0.497 e. The molecule has 0 aromatic heterocycles. The van der Waals surface area contributed by atoms with E-state index >= 15 is 0 Å². The summed E-state index contributed by atoms with van der Waals surface area (Å²) in [7, 11) is 2.88. The Balaban J connectivity index is 1.71. The Kier molecular flexibility index (Phi) is 6.84. The summed E-state index contributed by atoms with van der Waals surface area (Å²) in [6, 6.07) is 16.3. The highest BCUT2D eigenvalue weighted by molar-refractivity contribution is 6.12. The SMILES string of the molecule is C=CCCC(Nc1ccccc1)C12C=CC(O1)C(C(=O)Nc1ccc(OC)cc1)=C2C(=O)OC. The van der Waals surface area contributed by atoms with E-state index in [4.69, 9.17) is 14.2 Å². The van der Waals surface area contributed by atoms with Gasteiger partial charge in [-0.2, -0.15) is 0 Å². The number of methoxy groups -OCH3 is 2. The van der Waals surface area contributed by atoms with Crippen LogP contribution in [0, 0.1) is 0 Å². The monoisotopic (exact) mass is 460 g/mol. The van der Waals surface area contributed by atoms with Crippen molar-refractivity contribution in [1.82, 2.24) is 0 Å². The summed E-state index contributed by atoms with van der Waals surface area (Å²) in [6.07, 6.45) is 6.16. The molecule has 34 heavy (non-hydrogen) atoms. The van der Waals surface area contributed by atoms with Crippen molar-refractivity contribution < 1.29 is 23.8 Å². The first-order valence-corrected chi connectivity index (χ1v) is 11.1. The van der Waals surface area contributed by atoms with Crippen LogP contribution in [-0.2, 0) is 19.1 Å². The van der Waals surface area contributed by atoms with Crippen molar-refractivity contribution >= 4 is 23.3 Å². The molecule has 2 aliphatic heterocycles. The number of fused-ring (bicyclic) bond motifs is 2. The number of rotatable bonds is 10. The van der Waals surface area contributed by atoms with Crippen molar-refractivity contribution in [2.45, 2.75) is 30.6 Å². The molecule has 0 spiro atoms. The van der Waals surface area contributed by atoms with E-state index in [-0.39, 0.29) is 17.2 Å². The minimum atomic E-state index is -1.15. The first-order valence-electron chi connectivity index (χ1n) is 11.1. The first kappa shape index (κ1) is 23.3. The Morgan fingerprint density at radius 1 is 1.12 bits per heavy atom. The van der Waals surface area contributed by atoms with Gasteiger partial charge in [-0.3, -0.25) is 4.79 Å². The number of anilines is 2. The molecule has 7 nitrogen and oxygen atoms in total. The number of ether oxygens (including phenoxy) is 3. The van der Waals surface area contributed by atoms with Crippen molar-refractivity contribution in [3.63, 3.8) is 0 Å². The molecule has 0 aliphatic carbocycles. The lowest BCUT2D eigenvalue weighted by Gasteiger charge is -2.35. The van der Waals surface area contributed by atoms with Gasteiger partial charge in [0.1, 0.15) is 17.5 Å². The van der Waals surface area contributed by atoms with Crippen LogP contribution in [0.4, 0.5) is 11.4 Å². The average Bonchev–Trinajstić information content (AvgIpc) is 3.45. The third-order valence-electron chi connectivity index (χ3n) is 6.06. The summed E-state index contributed by atoms with van der Waals surface area (Å²) in [5, 5.41) is 6.36. The van der Waals surface area contributed by atoms with E-state index in [1.807, 2.05) is 48.6 Å². The summed E-state index contributed by atoms with van der Waals surface area (Å²) >= 11 is 0. The molecule has 0 saturated heterocycles. The van der Waals surface area contributed by atoms with E-state index in [0.29, 0.717) is 24.3 Å². The van der Waals surface area contributed by atoms with Gasteiger partial charge in [0.2, 0.25) is 0 Å². The lowest BCUT2D eigenvalue weighted by atomic mass is 9.79. The van der Waals surface area contributed by atoms with Crippen molar-refractivity contribution in [1.29, 1.82) is 0 Å². The van der Waals surface area contributed by atoms with Crippen molar-refractivity contribution in [2.24, 2.45) is 0 Å². The molecule has 4 rings (SSSR count). The van der Waals surface area contributed by atoms with Gasteiger partial charge in [-0.15, -0.1) is 6.58 Å². The van der Waals surface area contributed by atoms with E-state index in [1.54, 1.807) is 31.4 Å². The fourth-order valence-corrected chi connectivity index (χ4v) is 4.44. The average molecular weight is 461 g/mol. The van der Waals surface area contributed by atoms with Gasteiger partial charge in [0.15, 0.2) is 0 Å². The van der Waals surface area contributed by atoms with Gasteiger partial charge in [0.05, 0.1) is 31.4 Å². The predicted molar refractivity (Wildman–Crippen MR) is 131 cm³/mol. The van der Waals surface area contributed by atoms with Crippen LogP contribution in [-0.4, -0.2) is 43.8 Å². The second-order valence-electron chi connectivity index (χ2n) is 8.08. The van der Waals surface area contributed by atoms with Crippen LogP contribution in [0.2, 0.25) is 0 Å². The van der Waals surface area contributed by atoms with Crippen molar-refractivity contribution in [3.05, 3.63) is 90.6 Å². The van der Waals surface area contributed by atoms with Gasteiger partial charge in [-0.05, 0) is 55.3 Å². The first-order chi connectivity index (χ1) is 16.5. The zero-order chi connectivity index (χ0) is 24.1. The van der Waals surface area contributed by atoms with Crippen molar-refractivity contribution in [3.8, 4) is 5.75 Å². The number of hydrogen-bond donors (Lipinski definition) is 2. The van der Waals surface area contributed by atoms with Gasteiger partial charge in [0, 0.05) is 11.4 Å². The molecule has 2 bridgehead atoms. The molecule has 1 amide bonds. The van der Waals surface area contributed by atoms with Gasteiger partial charge in [-0.1, -0.05) is 30.4 Å². The molecule has 0 saturated carbocycles. The number of allylic oxidation sites excluding steroid dienone is 1. The molecular formula is C27H28N2O5. The molecule has 0 radical (unpaired) electrons. The maximum Gasteiger partial charge on any atom is 0.337 e. The molecule has 2 N–H and O–H groups in total. The fraction of sp³-hybridized carbons (Fsp3) is 0.259. The van der Waals surface area contributed by atoms with Crippen molar-refractivity contribution in [2.75, 3.05) is 24.9 Å². The normalized spacial score (nSPS) is 21.2. The van der Waals surface area contributed by atoms with E-state index in [9.17, 15) is 9.59 Å². The van der Waals surface area contributed by atoms with Crippen LogP contribution in [0.15, 0.2) is 90.6 Å². The second-order valence-corrected chi connectivity index (χ2v) is 8.08. The topological polar surface area (TPSA) is 85.9 Å². The van der Waals surface area contributed by atoms with E-state index in [1.165, 1.54) is 7.11 Å². The van der Waals surface area contributed by atoms with Gasteiger partial charge in [0.25, 0.3) is 5.91 Å². The number of para-hydroxylation sites is 1. The number of benzene rings is 2. The Morgan fingerprint density at radius 2 is 1.85 bits per heavy atom. The number of carbonyl (C=O) groups is 2. The fourth-order valence-electron chi connectivity index (χ4n) is 4.44. The molecule has 0 fully saturated rings. The van der Waals surface area contributed by atoms with E-state index in [0.717, 1.165) is 5.69 Å². The Morgan fingerprint density at radius 3 is 2.50 bits per heavy atom. The molecule has 2 aromatic carbocycles. The number of amides is 1. The standard InChI is InChI=1S/C27H28N2O5/c1-4-5-11-22(28-18-9-7-6-8-10-18)27-17-16-21(34-27)23(24(27)26(31)33-3)25(30)29-19-12-14-20(32-2)15-13-19/h4,6-10,12-17,21-22,28H,1,5,11H2,2-3H3,(H,29,30). The largest absolute Gasteiger partial charge is 0.497 e. The quantitative estimate of drug-likeness (QED) is 0.407. The van der Waals surface area contributed by atoms with Gasteiger partial charge >= 0.3 is 5.97 Å². The van der Waals surface area contributed by atoms with Gasteiger partial charge < -0.3 is 24.8 Å². The lowest BCUT2D eigenvalue weighted by molar-refractivity contribution is -0.138. The maximum atomic E-state index is 13.4. The van der Waals surface area contributed by atoms with Gasteiger partial charge in [-0.25, -0.2) is 4.79 Å². The van der Waals surface area contributed by atoms with Crippen LogP contribution in [0.25, 0.3) is 0 Å². The van der Waals surface area contributed by atoms with Crippen LogP contribution < -0.4 is 15.4 Å². The molecule has 3 atom stereocenters. The minimum absolute atomic E-state index is 0.214. The third-order valence-corrected chi connectivity index (χ3v) is 6.06. The molecular weight excluding hydrogens is 432 g/mol. The van der Waals surface area contributed by atoms with Crippen LogP contribution in [0.1, 0.15) is 12.8 Å². The van der Waals surface area contributed by atoms with Crippen LogP contribution in [0.5, 0.6) is 5.75 Å². The van der Waals surface area contributed by atoms with E-state index < -0.39 is 23.6 Å². The lowest BCUT2D eigenvalue weighted by Crippen LogP contribution is -2.48. The summed E-state index contributed by atoms with van der Waals surface area (Å²) in [5.74, 6) is -0.330. The zero-order valence-corrected chi connectivity index (χ0v) is 19.2. The molecule has 7 heteroatoms. The molecule has 2 aliphatic rings. The Hall–Kier alpha value is -3.84. The summed E-state index contributed by atoms with van der Waals surface area (Å²) < 4.78 is 16.7. The highest BCUT2D eigenvalue weighted by atomic mass is 16.5. The number of esters is 1. The van der Waals surface area contributed by atoms with E-state index in [2.05, 4.69) is 17.2 Å². The number of nitrogens with one attached hydrogen (secondary N) is 2. The van der Waals surface area contributed by atoms with Crippen LogP contribution in [0.3, 0.4) is 0 Å². The summed E-state index contributed by atoms with van der Waals surface area (Å²) in [4.78, 5) is 26.4. The predicted octanol–water partition coefficient (Wildman–Crippen LogP) is 4.26. The number of hydrogen-bond acceptors (Lipinski definition) is 6. The third kappa shape index (κ3) is 4.34. The molecule has 2 heterocycles. The van der Waals surface area contributed by atoms with Crippen LogP contribution >= 0.6 is 0 Å². The molecule has 176 valence electrons. The highest BCUT2D eigenvalue weighted by Crippen LogP contribution is 2.47. The highest BCUT2D eigenvalue weighted by Gasteiger charge is 2.57. The Bertz CT molecular complexity index is 1120. The number of carbonyl (C=O) groups excluding carboxylic acids is 2. The molecule has 2 aromatic rings. The molecule has 3 unspecified atom stereocenters.